The lowest BCUT2D eigenvalue weighted by Crippen LogP contribution is -2.22. The summed E-state index contributed by atoms with van der Waals surface area (Å²) in [5.74, 6) is -2.72. The van der Waals surface area contributed by atoms with Crippen LogP contribution in [0.5, 0.6) is 5.88 Å². The molecule has 1 amide bonds. The Morgan fingerprint density at radius 3 is 2.31 bits per heavy atom. The first-order valence-electron chi connectivity index (χ1n) is 9.86. The van der Waals surface area contributed by atoms with Crippen molar-refractivity contribution in [3.63, 3.8) is 0 Å². The van der Waals surface area contributed by atoms with Crippen LogP contribution in [-0.4, -0.2) is 55.2 Å². The van der Waals surface area contributed by atoms with Crippen LogP contribution in [-0.2, 0) is 19.0 Å². The molecule has 0 saturated heterocycles. The zero-order valence-corrected chi connectivity index (χ0v) is 19.0. The molecule has 0 aromatic carbocycles. The highest BCUT2D eigenvalue weighted by Crippen LogP contribution is 2.34. The number of carbonyl (C=O) groups excluding carboxylic acids is 4. The van der Waals surface area contributed by atoms with Crippen molar-refractivity contribution in [1.29, 1.82) is 0 Å². The quantitative estimate of drug-likeness (QED) is 0.416. The molecular weight excluding hydrogens is 440 g/mol. The van der Waals surface area contributed by atoms with E-state index in [0.29, 0.717) is 12.2 Å². The normalized spacial score (nSPS) is 10.2. The number of anilines is 1. The second-order valence-corrected chi connectivity index (χ2v) is 7.14. The van der Waals surface area contributed by atoms with Gasteiger partial charge in [-0.25, -0.2) is 19.4 Å². The van der Waals surface area contributed by atoms with Crippen LogP contribution in [0.2, 0.25) is 0 Å². The molecule has 0 aliphatic heterocycles. The molecule has 32 heavy (non-hydrogen) atoms. The summed E-state index contributed by atoms with van der Waals surface area (Å²) >= 11 is 0.879. The fourth-order valence-electron chi connectivity index (χ4n) is 2.61. The maximum Gasteiger partial charge on any atom is 0.348 e. The summed E-state index contributed by atoms with van der Waals surface area (Å²) in [5.41, 5.74) is 0.451. The number of amides is 1. The Morgan fingerprint density at radius 1 is 0.969 bits per heavy atom. The molecule has 0 spiro atoms. The van der Waals surface area contributed by atoms with Gasteiger partial charge in [0.05, 0.1) is 25.4 Å². The van der Waals surface area contributed by atoms with E-state index in [4.69, 9.17) is 18.9 Å². The molecule has 0 saturated carbocycles. The Bertz CT molecular complexity index is 1000. The molecule has 2 heterocycles. The molecule has 2 aromatic heterocycles. The van der Waals surface area contributed by atoms with Crippen LogP contribution in [0.25, 0.3) is 0 Å². The molecule has 0 aliphatic carbocycles. The van der Waals surface area contributed by atoms with Gasteiger partial charge in [0.1, 0.15) is 15.4 Å². The van der Waals surface area contributed by atoms with E-state index in [1.165, 1.54) is 18.3 Å². The highest BCUT2D eigenvalue weighted by atomic mass is 32.1. The van der Waals surface area contributed by atoms with E-state index in [9.17, 15) is 19.2 Å². The number of rotatable bonds is 10. The molecule has 10 nitrogen and oxygen atoms in total. The monoisotopic (exact) mass is 464 g/mol. The Hall–Kier alpha value is -3.47. The molecule has 0 unspecified atom stereocenters. The van der Waals surface area contributed by atoms with E-state index in [2.05, 4.69) is 10.3 Å². The van der Waals surface area contributed by atoms with Crippen LogP contribution in [0.1, 0.15) is 56.7 Å². The van der Waals surface area contributed by atoms with Crippen LogP contribution in [0.4, 0.5) is 5.00 Å². The SMILES string of the molecule is CCOC(=O)c1sc(NC(=O)COC(=O)c2cccnc2OCC)c(C(=O)OCC)c1C. The number of hydrogen-bond acceptors (Lipinski definition) is 10. The fraction of sp³-hybridized carbons (Fsp3) is 0.381. The van der Waals surface area contributed by atoms with Gasteiger partial charge in [0.15, 0.2) is 6.61 Å². The van der Waals surface area contributed by atoms with E-state index in [1.807, 2.05) is 0 Å². The van der Waals surface area contributed by atoms with Gasteiger partial charge in [0, 0.05) is 6.20 Å². The molecule has 2 rings (SSSR count). The van der Waals surface area contributed by atoms with Gasteiger partial charge in [0.25, 0.3) is 5.91 Å². The van der Waals surface area contributed by atoms with Crippen molar-refractivity contribution in [3.05, 3.63) is 39.9 Å². The van der Waals surface area contributed by atoms with Gasteiger partial charge in [-0.2, -0.15) is 0 Å². The largest absolute Gasteiger partial charge is 0.477 e. The maximum atomic E-state index is 12.4. The Balaban J connectivity index is 2.16. The second-order valence-electron chi connectivity index (χ2n) is 6.11. The molecule has 2 aromatic rings. The van der Waals surface area contributed by atoms with Gasteiger partial charge >= 0.3 is 17.9 Å². The first-order chi connectivity index (χ1) is 15.3. The van der Waals surface area contributed by atoms with E-state index >= 15 is 0 Å². The van der Waals surface area contributed by atoms with Gasteiger partial charge in [-0.1, -0.05) is 0 Å². The van der Waals surface area contributed by atoms with Crippen molar-refractivity contribution < 1.29 is 38.1 Å². The lowest BCUT2D eigenvalue weighted by molar-refractivity contribution is -0.119. The standard InChI is InChI=1S/C21H24N2O8S/c1-5-28-17-13(9-8-10-22-17)19(25)31-11-14(24)23-18-15(20(26)29-6-2)12(4)16(32-18)21(27)30-7-3/h8-10H,5-7,11H2,1-4H3,(H,23,24). The number of thiophene rings is 1. The van der Waals surface area contributed by atoms with E-state index in [1.54, 1.807) is 27.7 Å². The minimum atomic E-state index is -0.795. The average molecular weight is 464 g/mol. The van der Waals surface area contributed by atoms with Crippen LogP contribution in [0, 0.1) is 6.92 Å². The third-order valence-corrected chi connectivity index (χ3v) is 5.13. The summed E-state index contributed by atoms with van der Waals surface area (Å²) in [4.78, 5) is 53.4. The van der Waals surface area contributed by atoms with Gasteiger partial charge < -0.3 is 24.3 Å². The predicted molar refractivity (Wildman–Crippen MR) is 115 cm³/mol. The summed E-state index contributed by atoms with van der Waals surface area (Å²) in [6.07, 6.45) is 1.46. The first-order valence-corrected chi connectivity index (χ1v) is 10.7. The lowest BCUT2D eigenvalue weighted by Gasteiger charge is -2.09. The highest BCUT2D eigenvalue weighted by molar-refractivity contribution is 7.18. The molecular formula is C21H24N2O8S. The molecule has 0 atom stereocenters. The number of pyridine rings is 1. The summed E-state index contributed by atoms with van der Waals surface area (Å²) in [5, 5.41) is 2.60. The number of hydrogen-bond donors (Lipinski definition) is 1. The number of aromatic nitrogens is 1. The predicted octanol–water partition coefficient (Wildman–Crippen LogP) is 3.00. The summed E-state index contributed by atoms with van der Waals surface area (Å²) in [7, 11) is 0. The van der Waals surface area contributed by atoms with Crippen molar-refractivity contribution in [2.75, 3.05) is 31.7 Å². The van der Waals surface area contributed by atoms with Crippen LogP contribution in [0.15, 0.2) is 18.3 Å². The first kappa shape index (κ1) is 24.8. The van der Waals surface area contributed by atoms with Crippen LogP contribution < -0.4 is 10.1 Å². The van der Waals surface area contributed by atoms with E-state index in [-0.39, 0.29) is 40.1 Å². The third-order valence-electron chi connectivity index (χ3n) is 3.95. The lowest BCUT2D eigenvalue weighted by atomic mass is 10.1. The molecule has 1 N–H and O–H groups in total. The molecule has 11 heteroatoms. The van der Waals surface area contributed by atoms with Crippen molar-refractivity contribution in [3.8, 4) is 5.88 Å². The molecule has 0 radical (unpaired) electrons. The van der Waals surface area contributed by atoms with Crippen molar-refractivity contribution >= 4 is 40.2 Å². The molecule has 172 valence electrons. The van der Waals surface area contributed by atoms with Gasteiger partial charge in [-0.05, 0) is 45.4 Å². The Kier molecular flexibility index (Phi) is 9.14. The Morgan fingerprint density at radius 2 is 1.66 bits per heavy atom. The number of nitrogens with one attached hydrogen (secondary N) is 1. The summed E-state index contributed by atoms with van der Waals surface area (Å²) < 4.78 is 20.4. The topological polar surface area (TPSA) is 130 Å². The van der Waals surface area contributed by atoms with Crippen molar-refractivity contribution in [1.82, 2.24) is 4.98 Å². The fourth-order valence-corrected chi connectivity index (χ4v) is 3.72. The minimum absolute atomic E-state index is 0.0467. The highest BCUT2D eigenvalue weighted by Gasteiger charge is 2.27. The van der Waals surface area contributed by atoms with Crippen LogP contribution >= 0.6 is 11.3 Å². The zero-order valence-electron chi connectivity index (χ0n) is 18.2. The van der Waals surface area contributed by atoms with Gasteiger partial charge in [0.2, 0.25) is 5.88 Å². The van der Waals surface area contributed by atoms with Crippen molar-refractivity contribution in [2.24, 2.45) is 0 Å². The van der Waals surface area contributed by atoms with Gasteiger partial charge in [-0.3, -0.25) is 4.79 Å². The summed E-state index contributed by atoms with van der Waals surface area (Å²) in [6.45, 7) is 6.53. The third kappa shape index (κ3) is 6.03. The number of nitrogens with zero attached hydrogens (tertiary/aromatic N) is 1. The van der Waals surface area contributed by atoms with Gasteiger partial charge in [-0.15, -0.1) is 11.3 Å². The smallest absolute Gasteiger partial charge is 0.348 e. The molecule has 0 aliphatic rings. The number of ether oxygens (including phenoxy) is 4. The maximum absolute atomic E-state index is 12.4. The minimum Gasteiger partial charge on any atom is -0.477 e. The van der Waals surface area contributed by atoms with E-state index < -0.39 is 30.4 Å². The molecule has 0 bridgehead atoms. The zero-order chi connectivity index (χ0) is 23.7. The summed E-state index contributed by atoms with van der Waals surface area (Å²) in [6, 6.07) is 3.00. The second kappa shape index (κ2) is 11.8. The Labute approximate surface area is 188 Å². The van der Waals surface area contributed by atoms with Crippen molar-refractivity contribution in [2.45, 2.75) is 27.7 Å². The molecule has 0 fully saturated rings. The average Bonchev–Trinajstić information content (AvgIpc) is 3.08. The number of carbonyl (C=O) groups is 4. The number of esters is 3. The van der Waals surface area contributed by atoms with E-state index in [0.717, 1.165) is 11.3 Å². The van der Waals surface area contributed by atoms with Crippen LogP contribution in [0.3, 0.4) is 0 Å².